The van der Waals surface area contributed by atoms with Gasteiger partial charge in [-0.1, -0.05) is 6.92 Å². The molecule has 0 bridgehead atoms. The third kappa shape index (κ3) is 3.68. The van der Waals surface area contributed by atoms with E-state index < -0.39 is 0 Å². The van der Waals surface area contributed by atoms with Gasteiger partial charge in [-0.25, -0.2) is 0 Å². The van der Waals surface area contributed by atoms with E-state index in [-0.39, 0.29) is 16.5 Å². The molecule has 6 heteroatoms. The average molecular weight is 331 g/mol. The Labute approximate surface area is 142 Å². The highest BCUT2D eigenvalue weighted by Gasteiger charge is 2.29. The quantitative estimate of drug-likeness (QED) is 0.567. The summed E-state index contributed by atoms with van der Waals surface area (Å²) in [6, 6.07) is 4.96. The van der Waals surface area contributed by atoms with Crippen LogP contribution in [0.3, 0.4) is 0 Å². The van der Waals surface area contributed by atoms with Crippen LogP contribution >= 0.6 is 0 Å². The topological polar surface area (TPSA) is 66.7 Å². The molecule has 1 aliphatic heterocycles. The third-order valence-corrected chi connectivity index (χ3v) is 4.82. The number of amides is 1. The van der Waals surface area contributed by atoms with Crippen molar-refractivity contribution in [3.8, 4) is 0 Å². The number of carbonyl (C=O) groups excluding carboxylic acids is 1. The van der Waals surface area contributed by atoms with Crippen LogP contribution in [-0.4, -0.2) is 41.9 Å². The van der Waals surface area contributed by atoms with E-state index >= 15 is 0 Å². The summed E-state index contributed by atoms with van der Waals surface area (Å²) in [4.78, 5) is 27.8. The number of hydrogen-bond donors (Lipinski definition) is 0. The lowest BCUT2D eigenvalue weighted by Gasteiger charge is -2.23. The Morgan fingerprint density at radius 1 is 1.33 bits per heavy atom. The zero-order chi connectivity index (χ0) is 17.1. The molecule has 1 aliphatic carbocycles. The van der Waals surface area contributed by atoms with Gasteiger partial charge in [0.05, 0.1) is 4.92 Å². The zero-order valence-corrected chi connectivity index (χ0v) is 14.2. The van der Waals surface area contributed by atoms with E-state index in [0.29, 0.717) is 23.7 Å². The molecule has 2 fully saturated rings. The normalized spacial score (nSPS) is 17.1. The van der Waals surface area contributed by atoms with Gasteiger partial charge < -0.3 is 9.80 Å². The predicted molar refractivity (Wildman–Crippen MR) is 93.5 cm³/mol. The molecule has 0 spiro atoms. The molecule has 6 nitrogen and oxygen atoms in total. The first kappa shape index (κ1) is 16.7. The van der Waals surface area contributed by atoms with Gasteiger partial charge in [-0.05, 0) is 50.2 Å². The summed E-state index contributed by atoms with van der Waals surface area (Å²) in [5.74, 6) is 0.527. The molecular weight excluding hydrogens is 306 g/mol. The Kier molecular flexibility index (Phi) is 5.02. The molecule has 1 heterocycles. The summed E-state index contributed by atoms with van der Waals surface area (Å²) >= 11 is 0. The van der Waals surface area contributed by atoms with Crippen LogP contribution in [0, 0.1) is 16.0 Å². The summed E-state index contributed by atoms with van der Waals surface area (Å²) in [6.45, 7) is 5.22. The molecular formula is C18H25N3O3. The summed E-state index contributed by atoms with van der Waals surface area (Å²) in [5, 5.41) is 11.5. The number of rotatable bonds is 7. The molecule has 2 aliphatic rings. The predicted octanol–water partition coefficient (Wildman–Crippen LogP) is 3.46. The molecule has 1 aromatic rings. The first-order chi connectivity index (χ1) is 11.6. The van der Waals surface area contributed by atoms with Crippen LogP contribution in [0.2, 0.25) is 0 Å². The average Bonchev–Trinajstić information content (AvgIpc) is 3.23. The molecule has 1 saturated heterocycles. The van der Waals surface area contributed by atoms with E-state index in [4.69, 9.17) is 0 Å². The summed E-state index contributed by atoms with van der Waals surface area (Å²) in [5.41, 5.74) is 1.11. The minimum atomic E-state index is -0.366. The van der Waals surface area contributed by atoms with Crippen LogP contribution < -0.4 is 4.90 Å². The summed E-state index contributed by atoms with van der Waals surface area (Å²) in [7, 11) is 0. The standard InChI is InChI=1S/C18H25N3O3/c1-2-9-20(13-14-5-6-14)18(22)15-7-8-16(17(12-15)21(23)24)19-10-3-4-11-19/h7-8,12,14H,2-6,9-11,13H2,1H3. The van der Waals surface area contributed by atoms with Crippen molar-refractivity contribution in [2.45, 2.75) is 39.0 Å². The molecule has 1 saturated carbocycles. The van der Waals surface area contributed by atoms with Crippen molar-refractivity contribution >= 4 is 17.3 Å². The number of hydrogen-bond acceptors (Lipinski definition) is 4. The second kappa shape index (κ2) is 7.20. The van der Waals surface area contributed by atoms with Gasteiger partial charge in [0.15, 0.2) is 0 Å². The molecule has 1 amide bonds. The number of nitro groups is 1. The number of benzene rings is 1. The molecule has 1 aromatic carbocycles. The van der Waals surface area contributed by atoms with Gasteiger partial charge in [-0.2, -0.15) is 0 Å². The van der Waals surface area contributed by atoms with E-state index in [0.717, 1.165) is 38.9 Å². The number of carbonyl (C=O) groups is 1. The van der Waals surface area contributed by atoms with Gasteiger partial charge >= 0.3 is 0 Å². The highest BCUT2D eigenvalue weighted by Crippen LogP contribution is 2.33. The van der Waals surface area contributed by atoms with Crippen molar-refractivity contribution in [1.29, 1.82) is 0 Å². The molecule has 0 atom stereocenters. The lowest BCUT2D eigenvalue weighted by molar-refractivity contribution is -0.384. The van der Waals surface area contributed by atoms with Crippen LogP contribution in [-0.2, 0) is 0 Å². The Bertz CT molecular complexity index is 622. The van der Waals surface area contributed by atoms with Gasteiger partial charge in [0.25, 0.3) is 11.6 Å². The maximum Gasteiger partial charge on any atom is 0.293 e. The van der Waals surface area contributed by atoms with E-state index in [1.54, 1.807) is 12.1 Å². The first-order valence-corrected chi connectivity index (χ1v) is 8.92. The maximum absolute atomic E-state index is 12.8. The number of anilines is 1. The fourth-order valence-corrected chi connectivity index (χ4v) is 3.37. The molecule has 0 radical (unpaired) electrons. The Morgan fingerprint density at radius 3 is 2.62 bits per heavy atom. The number of nitrogens with zero attached hydrogens (tertiary/aromatic N) is 3. The van der Waals surface area contributed by atoms with E-state index in [1.807, 2.05) is 16.7 Å². The van der Waals surface area contributed by atoms with Crippen LogP contribution in [0.4, 0.5) is 11.4 Å². The van der Waals surface area contributed by atoms with Gasteiger partial charge in [0.2, 0.25) is 0 Å². The number of nitro benzene ring substituents is 1. The lowest BCUT2D eigenvalue weighted by Crippen LogP contribution is -2.33. The van der Waals surface area contributed by atoms with E-state index in [9.17, 15) is 14.9 Å². The van der Waals surface area contributed by atoms with E-state index in [2.05, 4.69) is 0 Å². The monoisotopic (exact) mass is 331 g/mol. The second-order valence-electron chi connectivity index (χ2n) is 6.85. The van der Waals surface area contributed by atoms with Crippen LogP contribution in [0.15, 0.2) is 18.2 Å². The van der Waals surface area contributed by atoms with Crippen molar-refractivity contribution in [3.05, 3.63) is 33.9 Å². The Hall–Kier alpha value is -2.11. The van der Waals surface area contributed by atoms with Crippen LogP contribution in [0.25, 0.3) is 0 Å². The summed E-state index contributed by atoms with van der Waals surface area (Å²) < 4.78 is 0. The van der Waals surface area contributed by atoms with Gasteiger partial charge in [-0.3, -0.25) is 14.9 Å². The highest BCUT2D eigenvalue weighted by molar-refractivity contribution is 5.95. The van der Waals surface area contributed by atoms with Gasteiger partial charge in [0.1, 0.15) is 5.69 Å². The highest BCUT2D eigenvalue weighted by atomic mass is 16.6. The fourth-order valence-electron chi connectivity index (χ4n) is 3.37. The van der Waals surface area contributed by atoms with Crippen molar-refractivity contribution in [1.82, 2.24) is 4.90 Å². The Morgan fingerprint density at radius 2 is 2.04 bits per heavy atom. The van der Waals surface area contributed by atoms with Crippen molar-refractivity contribution in [2.75, 3.05) is 31.1 Å². The largest absolute Gasteiger partial charge is 0.366 e. The first-order valence-electron chi connectivity index (χ1n) is 8.92. The van der Waals surface area contributed by atoms with Crippen LogP contribution in [0.5, 0.6) is 0 Å². The van der Waals surface area contributed by atoms with Gasteiger partial charge in [-0.15, -0.1) is 0 Å². The molecule has 130 valence electrons. The summed E-state index contributed by atoms with van der Waals surface area (Å²) in [6.07, 6.45) is 5.38. The Balaban J connectivity index is 1.84. The van der Waals surface area contributed by atoms with Crippen molar-refractivity contribution in [2.24, 2.45) is 5.92 Å². The molecule has 0 unspecified atom stereocenters. The van der Waals surface area contributed by atoms with E-state index in [1.165, 1.54) is 18.9 Å². The molecule has 3 rings (SSSR count). The molecule has 24 heavy (non-hydrogen) atoms. The molecule has 0 N–H and O–H groups in total. The van der Waals surface area contributed by atoms with Gasteiger partial charge in [0, 0.05) is 37.8 Å². The molecule has 0 aromatic heterocycles. The second-order valence-corrected chi connectivity index (χ2v) is 6.85. The van der Waals surface area contributed by atoms with Crippen molar-refractivity contribution < 1.29 is 9.72 Å². The minimum Gasteiger partial charge on any atom is -0.366 e. The fraction of sp³-hybridized carbons (Fsp3) is 0.611. The maximum atomic E-state index is 12.8. The lowest BCUT2D eigenvalue weighted by atomic mass is 10.1. The minimum absolute atomic E-state index is 0.0469. The zero-order valence-electron chi connectivity index (χ0n) is 14.2. The third-order valence-electron chi connectivity index (χ3n) is 4.82. The van der Waals surface area contributed by atoms with Crippen molar-refractivity contribution in [3.63, 3.8) is 0 Å². The smallest absolute Gasteiger partial charge is 0.293 e. The SMILES string of the molecule is CCCN(CC1CC1)C(=O)c1ccc(N2CCCC2)c([N+](=O)[O-])c1. The van der Waals surface area contributed by atoms with Crippen LogP contribution in [0.1, 0.15) is 49.4 Å².